The first-order valence-corrected chi connectivity index (χ1v) is 5.86. The van der Waals surface area contributed by atoms with Gasteiger partial charge in [-0.3, -0.25) is 4.68 Å². The first kappa shape index (κ1) is 13.2. The molecule has 0 unspecified atom stereocenters. The molecule has 0 spiro atoms. The van der Waals surface area contributed by atoms with Crippen LogP contribution in [0, 0.1) is 5.82 Å². The first-order chi connectivity index (χ1) is 9.16. The molecule has 1 heterocycles. The minimum atomic E-state index is -1.06. The number of hydrogen-bond donors (Lipinski definition) is 2. The molecular formula is C13H14FN3O2. The topological polar surface area (TPSA) is 67.2 Å². The summed E-state index contributed by atoms with van der Waals surface area (Å²) in [6.07, 6.45) is 3.53. The Hall–Kier alpha value is -2.21. The van der Waals surface area contributed by atoms with E-state index in [1.165, 1.54) is 18.2 Å². The molecule has 1 aromatic heterocycles. The van der Waals surface area contributed by atoms with Gasteiger partial charge in [-0.1, -0.05) is 0 Å². The zero-order valence-electron chi connectivity index (χ0n) is 10.2. The maximum absolute atomic E-state index is 13.5. The predicted molar refractivity (Wildman–Crippen MR) is 67.3 cm³/mol. The second-order valence-electron chi connectivity index (χ2n) is 4.06. The summed E-state index contributed by atoms with van der Waals surface area (Å²) in [7, 11) is 0. The van der Waals surface area contributed by atoms with Crippen LogP contribution in [0.2, 0.25) is 0 Å². The third-order valence-corrected chi connectivity index (χ3v) is 2.68. The zero-order chi connectivity index (χ0) is 13.7. The van der Waals surface area contributed by atoms with Crippen LogP contribution < -0.4 is 5.32 Å². The van der Waals surface area contributed by atoms with Crippen LogP contribution in [0.15, 0.2) is 36.7 Å². The number of carboxylic acids is 1. The van der Waals surface area contributed by atoms with Crippen LogP contribution in [-0.4, -0.2) is 27.4 Å². The maximum Gasteiger partial charge on any atom is 0.335 e. The van der Waals surface area contributed by atoms with Crippen molar-refractivity contribution in [1.82, 2.24) is 15.1 Å². The van der Waals surface area contributed by atoms with Gasteiger partial charge in [-0.2, -0.15) is 5.10 Å². The number of nitrogens with zero attached hydrogens (tertiary/aromatic N) is 2. The van der Waals surface area contributed by atoms with Gasteiger partial charge in [0.05, 0.1) is 12.1 Å². The van der Waals surface area contributed by atoms with Crippen molar-refractivity contribution in [3.05, 3.63) is 53.6 Å². The summed E-state index contributed by atoms with van der Waals surface area (Å²) in [5, 5.41) is 15.9. The number of halogens is 1. The molecule has 0 aliphatic rings. The van der Waals surface area contributed by atoms with Crippen molar-refractivity contribution < 1.29 is 14.3 Å². The molecule has 0 atom stereocenters. The Morgan fingerprint density at radius 1 is 1.47 bits per heavy atom. The van der Waals surface area contributed by atoms with Gasteiger partial charge in [0.15, 0.2) is 0 Å². The first-order valence-electron chi connectivity index (χ1n) is 5.86. The highest BCUT2D eigenvalue weighted by Crippen LogP contribution is 2.10. The fourth-order valence-electron chi connectivity index (χ4n) is 1.69. The van der Waals surface area contributed by atoms with E-state index in [1.54, 1.807) is 10.9 Å². The SMILES string of the molecule is O=C(O)c1ccc(F)c(CNCCn2cccn2)c1. The number of nitrogens with one attached hydrogen (secondary N) is 1. The number of benzene rings is 1. The van der Waals surface area contributed by atoms with Crippen LogP contribution in [0.25, 0.3) is 0 Å². The van der Waals surface area contributed by atoms with Gasteiger partial charge in [0.1, 0.15) is 5.82 Å². The van der Waals surface area contributed by atoms with E-state index in [4.69, 9.17) is 5.11 Å². The highest BCUT2D eigenvalue weighted by molar-refractivity contribution is 5.87. The number of carboxylic acid groups (broad SMARTS) is 1. The van der Waals surface area contributed by atoms with E-state index in [1.807, 2.05) is 12.3 Å². The monoisotopic (exact) mass is 263 g/mol. The van der Waals surface area contributed by atoms with Gasteiger partial charge in [-0.05, 0) is 24.3 Å². The van der Waals surface area contributed by atoms with E-state index in [-0.39, 0.29) is 12.1 Å². The number of carbonyl (C=O) groups is 1. The van der Waals surface area contributed by atoms with Crippen LogP contribution in [0.5, 0.6) is 0 Å². The molecule has 5 nitrogen and oxygen atoms in total. The van der Waals surface area contributed by atoms with Crippen LogP contribution in [0.4, 0.5) is 4.39 Å². The molecule has 0 aliphatic carbocycles. The Labute approximate surface area is 109 Å². The van der Waals surface area contributed by atoms with Crippen molar-refractivity contribution >= 4 is 5.97 Å². The second kappa shape index (κ2) is 6.10. The standard InChI is InChI=1S/C13H14FN3O2/c14-12-3-2-10(13(18)19)8-11(12)9-15-5-7-17-6-1-4-16-17/h1-4,6,8,15H,5,7,9H2,(H,18,19). The molecule has 0 saturated carbocycles. The van der Waals surface area contributed by atoms with Crippen LogP contribution in [0.3, 0.4) is 0 Å². The van der Waals surface area contributed by atoms with E-state index in [9.17, 15) is 9.18 Å². The molecule has 2 rings (SSSR count). The molecule has 0 radical (unpaired) electrons. The van der Waals surface area contributed by atoms with Gasteiger partial charge in [0.2, 0.25) is 0 Å². The largest absolute Gasteiger partial charge is 0.478 e. The molecule has 0 amide bonds. The molecule has 0 aliphatic heterocycles. The van der Waals surface area contributed by atoms with Crippen molar-refractivity contribution in [1.29, 1.82) is 0 Å². The van der Waals surface area contributed by atoms with Gasteiger partial charge in [-0.15, -0.1) is 0 Å². The molecule has 100 valence electrons. The van der Waals surface area contributed by atoms with Gasteiger partial charge in [0.25, 0.3) is 0 Å². The lowest BCUT2D eigenvalue weighted by atomic mass is 10.1. The number of aromatic carboxylic acids is 1. The van der Waals surface area contributed by atoms with Crippen molar-refractivity contribution in [2.75, 3.05) is 6.54 Å². The summed E-state index contributed by atoms with van der Waals surface area (Å²) in [5.74, 6) is -1.46. The quantitative estimate of drug-likeness (QED) is 0.775. The third-order valence-electron chi connectivity index (χ3n) is 2.68. The molecule has 6 heteroatoms. The summed E-state index contributed by atoms with van der Waals surface area (Å²) >= 11 is 0. The Morgan fingerprint density at radius 2 is 2.32 bits per heavy atom. The highest BCUT2D eigenvalue weighted by atomic mass is 19.1. The van der Waals surface area contributed by atoms with Crippen molar-refractivity contribution in [2.45, 2.75) is 13.1 Å². The summed E-state index contributed by atoms with van der Waals surface area (Å²) in [4.78, 5) is 10.8. The van der Waals surface area contributed by atoms with Crippen molar-refractivity contribution in [3.63, 3.8) is 0 Å². The van der Waals surface area contributed by atoms with E-state index in [0.29, 0.717) is 18.7 Å². The molecule has 0 fully saturated rings. The van der Waals surface area contributed by atoms with Crippen molar-refractivity contribution in [2.24, 2.45) is 0 Å². The molecule has 19 heavy (non-hydrogen) atoms. The average Bonchev–Trinajstić information content (AvgIpc) is 2.89. The fourth-order valence-corrected chi connectivity index (χ4v) is 1.69. The third kappa shape index (κ3) is 3.62. The van der Waals surface area contributed by atoms with Gasteiger partial charge in [-0.25, -0.2) is 9.18 Å². The van der Waals surface area contributed by atoms with Crippen LogP contribution in [-0.2, 0) is 13.1 Å². The number of hydrogen-bond acceptors (Lipinski definition) is 3. The molecule has 1 aromatic carbocycles. The summed E-state index contributed by atoms with van der Waals surface area (Å²) < 4.78 is 15.2. The zero-order valence-corrected chi connectivity index (χ0v) is 10.2. The minimum Gasteiger partial charge on any atom is -0.478 e. The summed E-state index contributed by atoms with van der Waals surface area (Å²) in [5.41, 5.74) is 0.436. The number of rotatable bonds is 6. The summed E-state index contributed by atoms with van der Waals surface area (Å²) in [6.45, 7) is 1.58. The lowest BCUT2D eigenvalue weighted by molar-refractivity contribution is 0.0696. The highest BCUT2D eigenvalue weighted by Gasteiger charge is 2.07. The smallest absolute Gasteiger partial charge is 0.335 e. The Morgan fingerprint density at radius 3 is 3.00 bits per heavy atom. The van der Waals surface area contributed by atoms with Gasteiger partial charge < -0.3 is 10.4 Å². The van der Waals surface area contributed by atoms with Crippen LogP contribution in [0.1, 0.15) is 15.9 Å². The van der Waals surface area contributed by atoms with Gasteiger partial charge >= 0.3 is 5.97 Å². The predicted octanol–water partition coefficient (Wildman–Crippen LogP) is 1.51. The van der Waals surface area contributed by atoms with E-state index in [2.05, 4.69) is 10.4 Å². The Balaban J connectivity index is 1.88. The molecule has 0 bridgehead atoms. The number of aromatic nitrogens is 2. The lowest BCUT2D eigenvalue weighted by Gasteiger charge is -2.07. The van der Waals surface area contributed by atoms with E-state index < -0.39 is 11.8 Å². The van der Waals surface area contributed by atoms with E-state index in [0.717, 1.165) is 0 Å². The molecule has 2 N–H and O–H groups in total. The normalized spacial score (nSPS) is 10.6. The lowest BCUT2D eigenvalue weighted by Crippen LogP contribution is -2.20. The average molecular weight is 263 g/mol. The van der Waals surface area contributed by atoms with Gasteiger partial charge in [0, 0.05) is 31.0 Å². The summed E-state index contributed by atoms with van der Waals surface area (Å²) in [6, 6.07) is 5.60. The Bertz CT molecular complexity index is 555. The molecule has 2 aromatic rings. The van der Waals surface area contributed by atoms with Crippen LogP contribution >= 0.6 is 0 Å². The van der Waals surface area contributed by atoms with Crippen molar-refractivity contribution in [3.8, 4) is 0 Å². The second-order valence-corrected chi connectivity index (χ2v) is 4.06. The maximum atomic E-state index is 13.5. The van der Waals surface area contributed by atoms with E-state index >= 15 is 0 Å². The molecular weight excluding hydrogens is 249 g/mol. The molecule has 0 saturated heterocycles. The fraction of sp³-hybridized carbons (Fsp3) is 0.231. The minimum absolute atomic E-state index is 0.0882. The Kier molecular flexibility index (Phi) is 4.25.